The third-order valence-corrected chi connectivity index (χ3v) is 3.38. The van der Waals surface area contributed by atoms with Gasteiger partial charge in [-0.05, 0) is 38.1 Å². The van der Waals surface area contributed by atoms with Gasteiger partial charge in [0.05, 0.1) is 0 Å². The van der Waals surface area contributed by atoms with Crippen molar-refractivity contribution in [2.45, 2.75) is 18.9 Å². The molecule has 0 aromatic heterocycles. The van der Waals surface area contributed by atoms with E-state index in [0.29, 0.717) is 16.6 Å². The zero-order chi connectivity index (χ0) is 12.3. The molecule has 100 valence electrons. The monoisotopic (exact) mass is 288 g/mol. The predicted octanol–water partition coefficient (Wildman–Crippen LogP) is 2.59. The highest BCUT2D eigenvalue weighted by molar-refractivity contribution is 6.30. The highest BCUT2D eigenvalue weighted by Gasteiger charge is 2.28. The van der Waals surface area contributed by atoms with Crippen LogP contribution in [0, 0.1) is 0 Å². The summed E-state index contributed by atoms with van der Waals surface area (Å²) in [6.07, 6.45) is 2.16. The molecule has 1 aliphatic rings. The van der Waals surface area contributed by atoms with E-state index in [0.717, 1.165) is 25.9 Å². The fraction of sp³-hybridized carbons (Fsp3) is 0.462. The second-order valence-electron chi connectivity index (χ2n) is 4.36. The highest BCUT2D eigenvalue weighted by atomic mass is 35.5. The van der Waals surface area contributed by atoms with Crippen molar-refractivity contribution in [1.29, 1.82) is 0 Å². The van der Waals surface area contributed by atoms with Gasteiger partial charge in [0.2, 0.25) is 0 Å². The number of likely N-dealkylation sites (N-methyl/N-ethyl adjacent to an activating group) is 1. The molecular weight excluding hydrogens is 271 g/mol. The van der Waals surface area contributed by atoms with E-state index >= 15 is 0 Å². The van der Waals surface area contributed by atoms with Gasteiger partial charge in [0, 0.05) is 29.7 Å². The summed E-state index contributed by atoms with van der Waals surface area (Å²) in [5, 5.41) is 3.75. The maximum absolute atomic E-state index is 12.3. The standard InChI is InChI=1S/C13H17ClN2O.ClH/c1-15-9-12-6-3-7-16(12)13(17)10-4-2-5-11(14)8-10;/h2,4-5,8,12,15H,3,6-7,9H2,1H3;1H. The molecule has 1 heterocycles. The van der Waals surface area contributed by atoms with Crippen LogP contribution < -0.4 is 5.32 Å². The summed E-state index contributed by atoms with van der Waals surface area (Å²) in [4.78, 5) is 14.3. The van der Waals surface area contributed by atoms with Crippen LogP contribution >= 0.6 is 24.0 Å². The zero-order valence-electron chi connectivity index (χ0n) is 10.4. The summed E-state index contributed by atoms with van der Waals surface area (Å²) in [7, 11) is 1.92. The molecule has 0 radical (unpaired) electrons. The first-order valence-corrected chi connectivity index (χ1v) is 6.31. The second-order valence-corrected chi connectivity index (χ2v) is 4.80. The number of hydrogen-bond acceptors (Lipinski definition) is 2. The summed E-state index contributed by atoms with van der Waals surface area (Å²) in [5.74, 6) is 0.0882. The van der Waals surface area contributed by atoms with Crippen molar-refractivity contribution < 1.29 is 4.79 Å². The molecule has 1 N–H and O–H groups in total. The van der Waals surface area contributed by atoms with E-state index in [9.17, 15) is 4.79 Å². The molecule has 1 aromatic rings. The van der Waals surface area contributed by atoms with Gasteiger partial charge in [-0.15, -0.1) is 12.4 Å². The van der Waals surface area contributed by atoms with Gasteiger partial charge in [0.25, 0.3) is 5.91 Å². The molecule has 1 saturated heterocycles. The average molecular weight is 289 g/mol. The Morgan fingerprint density at radius 2 is 2.33 bits per heavy atom. The first kappa shape index (κ1) is 15.3. The highest BCUT2D eigenvalue weighted by Crippen LogP contribution is 2.21. The van der Waals surface area contributed by atoms with Crippen LogP contribution in [0.5, 0.6) is 0 Å². The number of nitrogens with one attached hydrogen (secondary N) is 1. The molecule has 0 bridgehead atoms. The third kappa shape index (κ3) is 3.37. The van der Waals surface area contributed by atoms with Crippen LogP contribution in [-0.2, 0) is 0 Å². The molecule has 1 atom stereocenters. The maximum atomic E-state index is 12.3. The van der Waals surface area contributed by atoms with Crippen LogP contribution in [0.25, 0.3) is 0 Å². The van der Waals surface area contributed by atoms with Gasteiger partial charge in [-0.1, -0.05) is 17.7 Å². The predicted molar refractivity (Wildman–Crippen MR) is 76.7 cm³/mol. The summed E-state index contributed by atoms with van der Waals surface area (Å²) >= 11 is 5.91. The number of nitrogens with zero attached hydrogens (tertiary/aromatic N) is 1. The van der Waals surface area contributed by atoms with Crippen molar-refractivity contribution in [3.63, 3.8) is 0 Å². The van der Waals surface area contributed by atoms with Gasteiger partial charge >= 0.3 is 0 Å². The van der Waals surface area contributed by atoms with Gasteiger partial charge in [-0.25, -0.2) is 0 Å². The van der Waals surface area contributed by atoms with E-state index in [1.54, 1.807) is 12.1 Å². The van der Waals surface area contributed by atoms with Crippen molar-refractivity contribution in [2.75, 3.05) is 20.1 Å². The Kier molecular flexibility index (Phi) is 5.93. The SMILES string of the molecule is CNCC1CCCN1C(=O)c1cccc(Cl)c1.Cl. The van der Waals surface area contributed by atoms with Crippen molar-refractivity contribution in [3.8, 4) is 0 Å². The van der Waals surface area contributed by atoms with Gasteiger partial charge in [-0.2, -0.15) is 0 Å². The van der Waals surface area contributed by atoms with Gasteiger partial charge < -0.3 is 10.2 Å². The number of carbonyl (C=O) groups is 1. The fourth-order valence-corrected chi connectivity index (χ4v) is 2.53. The van der Waals surface area contributed by atoms with Crippen molar-refractivity contribution in [2.24, 2.45) is 0 Å². The topological polar surface area (TPSA) is 32.3 Å². The number of carbonyl (C=O) groups excluding carboxylic acids is 1. The van der Waals surface area contributed by atoms with Crippen molar-refractivity contribution >= 4 is 29.9 Å². The van der Waals surface area contributed by atoms with Gasteiger partial charge in [-0.3, -0.25) is 4.79 Å². The summed E-state index contributed by atoms with van der Waals surface area (Å²) in [5.41, 5.74) is 0.681. The second kappa shape index (κ2) is 6.98. The molecule has 5 heteroatoms. The number of hydrogen-bond donors (Lipinski definition) is 1. The molecule has 2 rings (SSSR count). The Morgan fingerprint density at radius 3 is 3.00 bits per heavy atom. The first-order valence-electron chi connectivity index (χ1n) is 5.93. The normalized spacial score (nSPS) is 18.6. The quantitative estimate of drug-likeness (QED) is 0.927. The first-order chi connectivity index (χ1) is 8.22. The van der Waals surface area contributed by atoms with Gasteiger partial charge in [0.1, 0.15) is 0 Å². The number of halogens is 2. The van der Waals surface area contributed by atoms with Crippen LogP contribution in [0.4, 0.5) is 0 Å². The van der Waals surface area contributed by atoms with E-state index in [1.807, 2.05) is 24.1 Å². The Labute approximate surface area is 119 Å². The van der Waals surface area contributed by atoms with E-state index < -0.39 is 0 Å². The van der Waals surface area contributed by atoms with E-state index in [-0.39, 0.29) is 18.3 Å². The number of rotatable bonds is 3. The van der Waals surface area contributed by atoms with Crippen molar-refractivity contribution in [1.82, 2.24) is 10.2 Å². The van der Waals surface area contributed by atoms with Crippen LogP contribution in [0.1, 0.15) is 23.2 Å². The summed E-state index contributed by atoms with van der Waals surface area (Å²) in [6.45, 7) is 1.70. The molecule has 0 spiro atoms. The molecular formula is C13H18Cl2N2O. The fourth-order valence-electron chi connectivity index (χ4n) is 2.34. The lowest BCUT2D eigenvalue weighted by atomic mass is 10.1. The Morgan fingerprint density at radius 1 is 1.56 bits per heavy atom. The molecule has 1 aliphatic heterocycles. The Balaban J connectivity index is 0.00000162. The zero-order valence-corrected chi connectivity index (χ0v) is 11.9. The van der Waals surface area contributed by atoms with E-state index in [1.165, 1.54) is 0 Å². The number of amides is 1. The van der Waals surface area contributed by atoms with E-state index in [4.69, 9.17) is 11.6 Å². The largest absolute Gasteiger partial charge is 0.334 e. The molecule has 1 aromatic carbocycles. The molecule has 1 amide bonds. The molecule has 18 heavy (non-hydrogen) atoms. The summed E-state index contributed by atoms with van der Waals surface area (Å²) < 4.78 is 0. The Hall–Kier alpha value is -0.770. The minimum atomic E-state index is 0. The van der Waals surface area contributed by atoms with E-state index in [2.05, 4.69) is 5.32 Å². The average Bonchev–Trinajstić information content (AvgIpc) is 2.77. The molecule has 1 unspecified atom stereocenters. The lowest BCUT2D eigenvalue weighted by molar-refractivity contribution is 0.0737. The number of benzene rings is 1. The van der Waals surface area contributed by atoms with Crippen LogP contribution in [0.15, 0.2) is 24.3 Å². The molecule has 0 saturated carbocycles. The van der Waals surface area contributed by atoms with Gasteiger partial charge in [0.15, 0.2) is 0 Å². The maximum Gasteiger partial charge on any atom is 0.254 e. The van der Waals surface area contributed by atoms with Crippen LogP contribution in [0.3, 0.4) is 0 Å². The molecule has 3 nitrogen and oxygen atoms in total. The Bertz CT molecular complexity index is 412. The summed E-state index contributed by atoms with van der Waals surface area (Å²) in [6, 6.07) is 7.47. The van der Waals surface area contributed by atoms with Crippen molar-refractivity contribution in [3.05, 3.63) is 34.9 Å². The minimum Gasteiger partial charge on any atom is -0.334 e. The molecule has 1 fully saturated rings. The van der Waals surface area contributed by atoms with Crippen LogP contribution in [-0.4, -0.2) is 37.0 Å². The minimum absolute atomic E-state index is 0. The lowest BCUT2D eigenvalue weighted by Crippen LogP contribution is -2.40. The molecule has 0 aliphatic carbocycles. The lowest BCUT2D eigenvalue weighted by Gasteiger charge is -2.24. The van der Waals surface area contributed by atoms with Crippen LogP contribution in [0.2, 0.25) is 5.02 Å². The smallest absolute Gasteiger partial charge is 0.254 e. The third-order valence-electron chi connectivity index (χ3n) is 3.15. The number of likely N-dealkylation sites (tertiary alicyclic amines) is 1.